The predicted molar refractivity (Wildman–Crippen MR) is 67.9 cm³/mol. The Bertz CT molecular complexity index is 484. The number of nitrogens with two attached hydrogens (primary N) is 1. The van der Waals surface area contributed by atoms with Crippen molar-refractivity contribution in [3.63, 3.8) is 0 Å². The monoisotopic (exact) mass is 251 g/mol. The zero-order valence-electron chi connectivity index (χ0n) is 9.52. The average Bonchev–Trinajstić information content (AvgIpc) is 2.84. The fourth-order valence-corrected chi connectivity index (χ4v) is 2.27. The summed E-state index contributed by atoms with van der Waals surface area (Å²) >= 11 is 1.57. The number of hydrogen-bond acceptors (Lipinski definition) is 3. The van der Waals surface area contributed by atoms with Crippen LogP contribution in [0.5, 0.6) is 5.75 Å². The van der Waals surface area contributed by atoms with E-state index >= 15 is 0 Å². The Morgan fingerprint density at radius 1 is 1.41 bits per heavy atom. The van der Waals surface area contributed by atoms with Gasteiger partial charge in [0.15, 0.2) is 11.6 Å². The van der Waals surface area contributed by atoms with Crippen LogP contribution < -0.4 is 10.5 Å². The third kappa shape index (κ3) is 2.84. The van der Waals surface area contributed by atoms with Crippen molar-refractivity contribution in [1.29, 1.82) is 0 Å². The first kappa shape index (κ1) is 12.1. The van der Waals surface area contributed by atoms with Gasteiger partial charge in [0.2, 0.25) is 0 Å². The molecule has 1 heterocycles. The highest BCUT2D eigenvalue weighted by Crippen LogP contribution is 2.26. The Labute approximate surface area is 104 Å². The molecule has 1 aromatic carbocycles. The summed E-state index contributed by atoms with van der Waals surface area (Å²) in [5.74, 6) is -0.101. The number of aryl methyl sites for hydroxylation is 1. The van der Waals surface area contributed by atoms with E-state index in [1.165, 1.54) is 6.07 Å². The van der Waals surface area contributed by atoms with E-state index in [0.29, 0.717) is 6.54 Å². The van der Waals surface area contributed by atoms with E-state index < -0.39 is 0 Å². The van der Waals surface area contributed by atoms with Crippen molar-refractivity contribution in [2.75, 3.05) is 6.54 Å². The van der Waals surface area contributed by atoms with Gasteiger partial charge in [-0.05, 0) is 41.4 Å². The molecule has 0 saturated heterocycles. The number of thiophene rings is 1. The maximum atomic E-state index is 13.5. The number of hydrogen-bond donors (Lipinski definition) is 1. The molecule has 1 aromatic heterocycles. The normalized spacial score (nSPS) is 12.4. The Hall–Kier alpha value is -1.39. The molecule has 2 N–H and O–H groups in total. The maximum Gasteiger partial charge on any atom is 0.165 e. The second-order valence-corrected chi connectivity index (χ2v) is 4.61. The summed E-state index contributed by atoms with van der Waals surface area (Å²) in [7, 11) is 0. The van der Waals surface area contributed by atoms with Crippen LogP contribution in [0.15, 0.2) is 35.0 Å². The molecule has 4 heteroatoms. The van der Waals surface area contributed by atoms with Crippen LogP contribution in [0.25, 0.3) is 0 Å². The van der Waals surface area contributed by atoms with Crippen molar-refractivity contribution in [2.24, 2.45) is 5.73 Å². The smallest absolute Gasteiger partial charge is 0.165 e. The van der Waals surface area contributed by atoms with Crippen LogP contribution in [0.4, 0.5) is 4.39 Å². The quantitative estimate of drug-likeness (QED) is 0.905. The van der Waals surface area contributed by atoms with Crippen molar-refractivity contribution in [1.82, 2.24) is 0 Å². The summed E-state index contributed by atoms with van der Waals surface area (Å²) in [6.45, 7) is 2.22. The van der Waals surface area contributed by atoms with Gasteiger partial charge in [0, 0.05) is 12.1 Å². The molecular formula is C13H14FNOS. The highest BCUT2D eigenvalue weighted by atomic mass is 32.1. The molecular weight excluding hydrogens is 237 g/mol. The predicted octanol–water partition coefficient (Wildman–Crippen LogP) is 3.27. The van der Waals surface area contributed by atoms with E-state index in [1.54, 1.807) is 23.5 Å². The van der Waals surface area contributed by atoms with E-state index in [-0.39, 0.29) is 17.7 Å². The van der Waals surface area contributed by atoms with Crippen LogP contribution in [0.1, 0.15) is 17.2 Å². The van der Waals surface area contributed by atoms with Gasteiger partial charge in [0.1, 0.15) is 6.10 Å². The van der Waals surface area contributed by atoms with Crippen molar-refractivity contribution < 1.29 is 9.13 Å². The molecule has 0 saturated carbocycles. The minimum atomic E-state index is -0.357. The first-order valence-electron chi connectivity index (χ1n) is 5.35. The van der Waals surface area contributed by atoms with Crippen LogP contribution in [-0.4, -0.2) is 6.54 Å². The fraction of sp³-hybridized carbons (Fsp3) is 0.231. The first-order valence-corrected chi connectivity index (χ1v) is 6.30. The summed E-state index contributed by atoms with van der Waals surface area (Å²) in [5, 5.41) is 3.92. The van der Waals surface area contributed by atoms with Crippen molar-refractivity contribution in [3.05, 3.63) is 52.0 Å². The lowest BCUT2D eigenvalue weighted by atomic mass is 10.2. The third-order valence-electron chi connectivity index (χ3n) is 2.48. The number of rotatable bonds is 4. The largest absolute Gasteiger partial charge is 0.481 e. The molecule has 0 aliphatic heterocycles. The van der Waals surface area contributed by atoms with E-state index in [2.05, 4.69) is 0 Å². The molecule has 0 spiro atoms. The van der Waals surface area contributed by atoms with Gasteiger partial charge in [-0.3, -0.25) is 0 Å². The van der Waals surface area contributed by atoms with E-state index in [9.17, 15) is 4.39 Å². The molecule has 0 amide bonds. The summed E-state index contributed by atoms with van der Waals surface area (Å²) in [4.78, 5) is 0. The van der Waals surface area contributed by atoms with Crippen LogP contribution >= 0.6 is 11.3 Å². The summed E-state index contributed by atoms with van der Waals surface area (Å²) in [6.07, 6.45) is -0.294. The van der Waals surface area contributed by atoms with Gasteiger partial charge in [0.05, 0.1) is 0 Å². The topological polar surface area (TPSA) is 35.2 Å². The highest BCUT2D eigenvalue weighted by Gasteiger charge is 2.14. The minimum Gasteiger partial charge on any atom is -0.481 e. The first-order chi connectivity index (χ1) is 8.20. The molecule has 0 radical (unpaired) electrons. The summed E-state index contributed by atoms with van der Waals surface area (Å²) in [5.41, 5.74) is 7.60. The van der Waals surface area contributed by atoms with Crippen LogP contribution in [0, 0.1) is 12.7 Å². The molecule has 1 atom stereocenters. The van der Waals surface area contributed by atoms with Gasteiger partial charge in [-0.2, -0.15) is 11.3 Å². The van der Waals surface area contributed by atoms with Gasteiger partial charge in [0.25, 0.3) is 0 Å². The minimum absolute atomic E-state index is 0.256. The molecule has 0 aliphatic rings. The zero-order valence-corrected chi connectivity index (χ0v) is 10.3. The summed E-state index contributed by atoms with van der Waals surface area (Å²) < 4.78 is 19.2. The Morgan fingerprint density at radius 3 is 2.88 bits per heavy atom. The van der Waals surface area contributed by atoms with Crippen LogP contribution in [0.3, 0.4) is 0 Å². The van der Waals surface area contributed by atoms with E-state index in [0.717, 1.165) is 11.1 Å². The Balaban J connectivity index is 2.21. The molecule has 17 heavy (non-hydrogen) atoms. The fourth-order valence-electron chi connectivity index (χ4n) is 1.56. The van der Waals surface area contributed by atoms with Crippen LogP contribution in [-0.2, 0) is 0 Å². The van der Waals surface area contributed by atoms with Gasteiger partial charge < -0.3 is 10.5 Å². The molecule has 2 aromatic rings. The highest BCUT2D eigenvalue weighted by molar-refractivity contribution is 7.07. The molecule has 2 nitrogen and oxygen atoms in total. The molecule has 0 bridgehead atoms. The average molecular weight is 251 g/mol. The third-order valence-corrected chi connectivity index (χ3v) is 3.19. The number of benzene rings is 1. The molecule has 2 rings (SSSR count). The number of halogens is 1. The van der Waals surface area contributed by atoms with E-state index in [1.807, 2.05) is 23.8 Å². The SMILES string of the molecule is Cc1ccc(F)c(OC(CN)c2ccsc2)c1. The maximum absolute atomic E-state index is 13.5. The van der Waals surface area contributed by atoms with Crippen molar-refractivity contribution >= 4 is 11.3 Å². The molecule has 0 fully saturated rings. The molecule has 1 unspecified atom stereocenters. The summed E-state index contributed by atoms with van der Waals surface area (Å²) in [6, 6.07) is 6.75. The lowest BCUT2D eigenvalue weighted by Crippen LogP contribution is -2.18. The number of ether oxygens (including phenoxy) is 1. The molecule has 90 valence electrons. The standard InChI is InChI=1S/C13H14FNOS/c1-9-2-3-11(14)12(6-9)16-13(7-15)10-4-5-17-8-10/h2-6,8,13H,7,15H2,1H3. The van der Waals surface area contributed by atoms with Gasteiger partial charge >= 0.3 is 0 Å². The van der Waals surface area contributed by atoms with Gasteiger partial charge in [-0.1, -0.05) is 6.07 Å². The van der Waals surface area contributed by atoms with Gasteiger partial charge in [-0.25, -0.2) is 4.39 Å². The van der Waals surface area contributed by atoms with Crippen molar-refractivity contribution in [2.45, 2.75) is 13.0 Å². The van der Waals surface area contributed by atoms with E-state index in [4.69, 9.17) is 10.5 Å². The Kier molecular flexibility index (Phi) is 3.76. The second kappa shape index (κ2) is 5.29. The zero-order chi connectivity index (χ0) is 12.3. The van der Waals surface area contributed by atoms with Crippen LogP contribution in [0.2, 0.25) is 0 Å². The van der Waals surface area contributed by atoms with Gasteiger partial charge in [-0.15, -0.1) is 0 Å². The lowest BCUT2D eigenvalue weighted by molar-refractivity contribution is 0.205. The Morgan fingerprint density at radius 2 is 2.24 bits per heavy atom. The van der Waals surface area contributed by atoms with Crippen molar-refractivity contribution in [3.8, 4) is 5.75 Å². The second-order valence-electron chi connectivity index (χ2n) is 3.83. The lowest BCUT2D eigenvalue weighted by Gasteiger charge is -2.17. The molecule has 0 aliphatic carbocycles.